The maximum atomic E-state index is 12.7. The maximum absolute atomic E-state index is 12.7. The third-order valence-electron chi connectivity index (χ3n) is 5.21. The first-order valence-electron chi connectivity index (χ1n) is 8.75. The van der Waals surface area contributed by atoms with E-state index in [1.807, 2.05) is 11.0 Å². The van der Waals surface area contributed by atoms with Gasteiger partial charge in [-0.3, -0.25) is 4.79 Å². The monoisotopic (exact) mass is 325 g/mol. The molecule has 126 valence electrons. The lowest BCUT2D eigenvalue weighted by atomic mass is 9.76. The molecule has 0 N–H and O–H groups in total. The number of carbonyl (C=O) groups excluding carboxylic acids is 1. The van der Waals surface area contributed by atoms with Gasteiger partial charge in [-0.05, 0) is 36.5 Å². The first-order valence-corrected chi connectivity index (χ1v) is 8.75. The molecule has 1 saturated heterocycles. The number of rotatable bonds is 4. The Morgan fingerprint density at radius 2 is 2.08 bits per heavy atom. The summed E-state index contributed by atoms with van der Waals surface area (Å²) in [4.78, 5) is 16.1. The Bertz CT molecular complexity index is 724. The molecule has 6 heteroatoms. The van der Waals surface area contributed by atoms with E-state index in [0.717, 1.165) is 44.6 Å². The number of aromatic nitrogens is 4. The van der Waals surface area contributed by atoms with E-state index in [1.165, 1.54) is 10.4 Å². The van der Waals surface area contributed by atoms with Crippen molar-refractivity contribution < 1.29 is 4.79 Å². The van der Waals surface area contributed by atoms with Gasteiger partial charge in [-0.2, -0.15) is 4.80 Å². The number of tetrazole rings is 1. The van der Waals surface area contributed by atoms with Crippen molar-refractivity contribution >= 4 is 5.91 Å². The summed E-state index contributed by atoms with van der Waals surface area (Å²) in [5, 5.41) is 12.4. The van der Waals surface area contributed by atoms with Gasteiger partial charge in [0.2, 0.25) is 5.91 Å². The summed E-state index contributed by atoms with van der Waals surface area (Å²) in [5.74, 6) is 1.33. The molecule has 2 heterocycles. The second kappa shape index (κ2) is 6.00. The Labute approximate surface area is 141 Å². The van der Waals surface area contributed by atoms with E-state index in [-0.39, 0.29) is 17.9 Å². The Morgan fingerprint density at radius 1 is 1.29 bits per heavy atom. The van der Waals surface area contributed by atoms with E-state index in [0.29, 0.717) is 5.92 Å². The summed E-state index contributed by atoms with van der Waals surface area (Å²) in [6.45, 7) is 4.00. The number of benzene rings is 1. The van der Waals surface area contributed by atoms with E-state index in [1.54, 1.807) is 0 Å². The second-order valence-electron chi connectivity index (χ2n) is 7.30. The van der Waals surface area contributed by atoms with Crippen molar-refractivity contribution in [3.05, 3.63) is 41.7 Å². The van der Waals surface area contributed by atoms with Gasteiger partial charge in [0.15, 0.2) is 5.82 Å². The van der Waals surface area contributed by atoms with Gasteiger partial charge >= 0.3 is 0 Å². The maximum Gasteiger partial charge on any atom is 0.246 e. The topological polar surface area (TPSA) is 63.9 Å². The first kappa shape index (κ1) is 15.3. The minimum Gasteiger partial charge on any atom is -0.340 e. The van der Waals surface area contributed by atoms with Crippen LogP contribution in [0.5, 0.6) is 0 Å². The Morgan fingerprint density at radius 3 is 2.83 bits per heavy atom. The Balaban J connectivity index is 1.44. The summed E-state index contributed by atoms with van der Waals surface area (Å²) >= 11 is 0. The fraction of sp³-hybridized carbons (Fsp3) is 0.556. The van der Waals surface area contributed by atoms with Crippen LogP contribution >= 0.6 is 0 Å². The minimum atomic E-state index is 0.0180. The molecule has 1 unspecified atom stereocenters. The molecule has 1 aromatic carbocycles. The zero-order valence-electron chi connectivity index (χ0n) is 14.1. The number of hydrogen-bond acceptors (Lipinski definition) is 4. The van der Waals surface area contributed by atoms with E-state index >= 15 is 0 Å². The lowest BCUT2D eigenvalue weighted by Crippen LogP contribution is -2.48. The van der Waals surface area contributed by atoms with Crippen molar-refractivity contribution in [3.8, 4) is 0 Å². The standard InChI is InChI=1S/C18H23N5O/c1-18(15-6-3-2-4-7-15)10-5-11-22(13-18)16(24)12-23-20-17(19-21-23)14-8-9-14/h2-4,6-7,14H,5,8-13H2,1H3. The molecule has 6 nitrogen and oxygen atoms in total. The highest BCUT2D eigenvalue weighted by Gasteiger charge is 2.35. The normalized spacial score (nSPS) is 24.1. The molecular formula is C18H23N5O. The van der Waals surface area contributed by atoms with E-state index in [4.69, 9.17) is 0 Å². The summed E-state index contributed by atoms with van der Waals surface area (Å²) in [6.07, 6.45) is 4.41. The van der Waals surface area contributed by atoms with Crippen molar-refractivity contribution in [2.24, 2.45) is 0 Å². The van der Waals surface area contributed by atoms with Crippen LogP contribution in [0.3, 0.4) is 0 Å². The van der Waals surface area contributed by atoms with Crippen LogP contribution < -0.4 is 0 Å². The Hall–Kier alpha value is -2.24. The molecule has 0 radical (unpaired) electrons. The molecule has 1 aliphatic heterocycles. The first-order chi connectivity index (χ1) is 11.6. The van der Waals surface area contributed by atoms with Crippen molar-refractivity contribution in [3.63, 3.8) is 0 Å². The highest BCUT2D eigenvalue weighted by Crippen LogP contribution is 2.37. The number of likely N-dealkylation sites (tertiary alicyclic amines) is 1. The smallest absolute Gasteiger partial charge is 0.246 e. The molecule has 1 aromatic heterocycles. The molecule has 0 bridgehead atoms. The van der Waals surface area contributed by atoms with Crippen LogP contribution in [0.1, 0.15) is 49.9 Å². The molecule has 4 rings (SSSR count). The quantitative estimate of drug-likeness (QED) is 0.864. The SMILES string of the molecule is CC1(c2ccccc2)CCCN(C(=O)Cn2nnc(C3CC3)n2)C1. The number of piperidine rings is 1. The molecule has 1 aliphatic carbocycles. The zero-order valence-corrected chi connectivity index (χ0v) is 14.1. The number of amides is 1. The fourth-order valence-corrected chi connectivity index (χ4v) is 3.58. The van der Waals surface area contributed by atoms with Crippen LogP contribution in [0.4, 0.5) is 0 Å². The summed E-state index contributed by atoms with van der Waals surface area (Å²) in [7, 11) is 0. The minimum absolute atomic E-state index is 0.0180. The molecule has 1 atom stereocenters. The van der Waals surface area contributed by atoms with Crippen molar-refractivity contribution in [2.45, 2.75) is 50.5 Å². The molecule has 1 saturated carbocycles. The third-order valence-corrected chi connectivity index (χ3v) is 5.21. The van der Waals surface area contributed by atoms with Gasteiger partial charge in [-0.1, -0.05) is 37.3 Å². The number of carbonyl (C=O) groups is 1. The van der Waals surface area contributed by atoms with Gasteiger partial charge in [-0.25, -0.2) is 0 Å². The van der Waals surface area contributed by atoms with Crippen LogP contribution in [0, 0.1) is 0 Å². The number of hydrogen-bond donors (Lipinski definition) is 0. The van der Waals surface area contributed by atoms with Crippen molar-refractivity contribution in [2.75, 3.05) is 13.1 Å². The van der Waals surface area contributed by atoms with Crippen LogP contribution in [0.25, 0.3) is 0 Å². The second-order valence-corrected chi connectivity index (χ2v) is 7.30. The lowest BCUT2D eigenvalue weighted by Gasteiger charge is -2.41. The average molecular weight is 325 g/mol. The largest absolute Gasteiger partial charge is 0.340 e. The van der Waals surface area contributed by atoms with E-state index in [9.17, 15) is 4.79 Å². The molecule has 1 amide bonds. The van der Waals surface area contributed by atoms with Gasteiger partial charge in [0.25, 0.3) is 0 Å². The molecule has 2 aromatic rings. The highest BCUT2D eigenvalue weighted by atomic mass is 16.2. The van der Waals surface area contributed by atoms with Gasteiger partial charge in [0.1, 0.15) is 6.54 Å². The summed E-state index contributed by atoms with van der Waals surface area (Å²) in [6, 6.07) is 10.5. The summed E-state index contributed by atoms with van der Waals surface area (Å²) in [5.41, 5.74) is 1.32. The molecule has 0 spiro atoms. The van der Waals surface area contributed by atoms with Crippen LogP contribution in [0.15, 0.2) is 30.3 Å². The lowest BCUT2D eigenvalue weighted by molar-refractivity contribution is -0.134. The van der Waals surface area contributed by atoms with Gasteiger partial charge < -0.3 is 4.90 Å². The van der Waals surface area contributed by atoms with Gasteiger partial charge in [0, 0.05) is 24.4 Å². The van der Waals surface area contributed by atoms with E-state index in [2.05, 4.69) is 46.6 Å². The van der Waals surface area contributed by atoms with Crippen molar-refractivity contribution in [1.29, 1.82) is 0 Å². The van der Waals surface area contributed by atoms with Crippen LogP contribution in [0.2, 0.25) is 0 Å². The highest BCUT2D eigenvalue weighted by molar-refractivity contribution is 5.76. The number of nitrogens with zero attached hydrogens (tertiary/aromatic N) is 5. The van der Waals surface area contributed by atoms with Gasteiger partial charge in [-0.15, -0.1) is 10.2 Å². The summed E-state index contributed by atoms with van der Waals surface area (Å²) < 4.78 is 0. The predicted molar refractivity (Wildman–Crippen MR) is 89.4 cm³/mol. The molecule has 2 fully saturated rings. The molecule has 2 aliphatic rings. The average Bonchev–Trinajstić information content (AvgIpc) is 3.36. The van der Waals surface area contributed by atoms with Crippen LogP contribution in [-0.4, -0.2) is 44.1 Å². The predicted octanol–water partition coefficient (Wildman–Crippen LogP) is 2.13. The molecular weight excluding hydrogens is 302 g/mol. The molecule has 24 heavy (non-hydrogen) atoms. The Kier molecular flexibility index (Phi) is 3.82. The fourth-order valence-electron chi connectivity index (χ4n) is 3.58. The van der Waals surface area contributed by atoms with E-state index < -0.39 is 0 Å². The van der Waals surface area contributed by atoms with Crippen LogP contribution in [-0.2, 0) is 16.8 Å². The zero-order chi connectivity index (χ0) is 16.6. The third kappa shape index (κ3) is 3.05. The van der Waals surface area contributed by atoms with Crippen molar-refractivity contribution in [1.82, 2.24) is 25.1 Å². The van der Waals surface area contributed by atoms with Gasteiger partial charge in [0.05, 0.1) is 0 Å².